The standard InChI is InChI=1S/C22H20N4O2/c1-14-10-12-23-19(13-14)25-20(16-4-7-17(26-28)8-5-16)18-9-6-15-3-2-11-24-21(15)22(18)27/h2-13,20,26-28H,1H3,(H,23,25)/p+1. The molecule has 2 aromatic heterocycles. The number of nitrogens with one attached hydrogen (secondary N) is 1. The van der Waals surface area contributed by atoms with Gasteiger partial charge in [0.2, 0.25) is 0 Å². The average Bonchev–Trinajstić information content (AvgIpc) is 2.73. The number of fused-ring (bicyclic) bond motifs is 1. The van der Waals surface area contributed by atoms with Gasteiger partial charge in [0.1, 0.15) is 17.1 Å². The molecule has 1 atom stereocenters. The van der Waals surface area contributed by atoms with E-state index in [0.717, 1.165) is 22.0 Å². The van der Waals surface area contributed by atoms with Crippen LogP contribution in [0, 0.1) is 6.92 Å². The van der Waals surface area contributed by atoms with E-state index < -0.39 is 0 Å². The van der Waals surface area contributed by atoms with Crippen molar-refractivity contribution in [1.29, 1.82) is 0 Å². The minimum absolute atomic E-state index is 0.140. The van der Waals surface area contributed by atoms with E-state index in [0.29, 0.717) is 22.6 Å². The van der Waals surface area contributed by atoms with Gasteiger partial charge in [0, 0.05) is 35.5 Å². The molecule has 4 aromatic rings. The van der Waals surface area contributed by atoms with Crippen LogP contribution >= 0.6 is 0 Å². The number of phenolic OH excluding ortho intramolecular Hbond substituents is 1. The van der Waals surface area contributed by atoms with Gasteiger partial charge in [0.15, 0.2) is 5.69 Å². The quantitative estimate of drug-likeness (QED) is 0.318. The van der Waals surface area contributed by atoms with Crippen LogP contribution in [0.2, 0.25) is 0 Å². The molecule has 0 aliphatic carbocycles. The van der Waals surface area contributed by atoms with Gasteiger partial charge in [-0.25, -0.2) is 10.2 Å². The van der Waals surface area contributed by atoms with E-state index in [1.807, 2.05) is 67.6 Å². The van der Waals surface area contributed by atoms with Crippen LogP contribution in [0.4, 0.5) is 11.5 Å². The lowest BCUT2D eigenvalue weighted by Gasteiger charge is -2.22. The highest BCUT2D eigenvalue weighted by Gasteiger charge is 2.20. The lowest BCUT2D eigenvalue weighted by atomic mass is 9.96. The molecule has 1 unspecified atom stereocenters. The molecule has 0 spiro atoms. The Labute approximate surface area is 162 Å². The average molecular weight is 373 g/mol. The number of phenols is 1. The molecule has 2 heterocycles. The third kappa shape index (κ3) is 3.51. The Morgan fingerprint density at radius 3 is 2.54 bits per heavy atom. The number of hydrogen-bond acceptors (Lipinski definition) is 5. The fourth-order valence-electron chi connectivity index (χ4n) is 3.26. The summed E-state index contributed by atoms with van der Waals surface area (Å²) >= 11 is 0. The number of pyridine rings is 2. The first-order valence-corrected chi connectivity index (χ1v) is 8.99. The first kappa shape index (κ1) is 17.9. The maximum atomic E-state index is 10.9. The number of aromatic hydroxyl groups is 1. The van der Waals surface area contributed by atoms with Gasteiger partial charge >= 0.3 is 0 Å². The molecule has 4 rings (SSSR count). The van der Waals surface area contributed by atoms with Gasteiger partial charge in [0.25, 0.3) is 0 Å². The van der Waals surface area contributed by atoms with Crippen molar-refractivity contribution in [3.05, 3.63) is 89.7 Å². The number of quaternary nitrogens is 1. The number of anilines is 1. The summed E-state index contributed by atoms with van der Waals surface area (Å²) in [5.74, 6) is 0.851. The van der Waals surface area contributed by atoms with E-state index in [1.165, 1.54) is 0 Å². The molecule has 6 nitrogen and oxygen atoms in total. The summed E-state index contributed by atoms with van der Waals surface area (Å²) in [6.45, 7) is 2.01. The maximum absolute atomic E-state index is 10.9. The topological polar surface area (TPSA) is 94.9 Å². The Kier molecular flexibility index (Phi) is 4.89. The molecule has 0 saturated carbocycles. The predicted octanol–water partition coefficient (Wildman–Crippen LogP) is 3.43. The SMILES string of the molecule is Cc1ccnc(NC(c2ccc([NH2+]O)cc2)c2ccc3cccnc3c2O)c1. The molecule has 0 radical (unpaired) electrons. The van der Waals surface area contributed by atoms with Crippen molar-refractivity contribution < 1.29 is 15.8 Å². The third-order valence-corrected chi connectivity index (χ3v) is 4.72. The van der Waals surface area contributed by atoms with E-state index in [2.05, 4.69) is 15.3 Å². The zero-order chi connectivity index (χ0) is 19.5. The number of nitrogens with two attached hydrogens (primary N) is 1. The van der Waals surface area contributed by atoms with Gasteiger partial charge in [-0.2, -0.15) is 5.48 Å². The Balaban J connectivity index is 1.83. The molecule has 0 bridgehead atoms. The minimum atomic E-state index is -0.339. The molecule has 0 aliphatic rings. The summed E-state index contributed by atoms with van der Waals surface area (Å²) in [6.07, 6.45) is 3.42. The van der Waals surface area contributed by atoms with Crippen LogP contribution in [-0.4, -0.2) is 20.3 Å². The predicted molar refractivity (Wildman–Crippen MR) is 108 cm³/mol. The summed E-state index contributed by atoms with van der Waals surface area (Å²) in [5, 5.41) is 24.5. The van der Waals surface area contributed by atoms with Crippen LogP contribution in [0.1, 0.15) is 22.7 Å². The zero-order valence-electron chi connectivity index (χ0n) is 15.4. The number of aryl methyl sites for hydroxylation is 1. The van der Waals surface area contributed by atoms with Crippen LogP contribution in [0.3, 0.4) is 0 Å². The molecular weight excluding hydrogens is 352 g/mol. The lowest BCUT2D eigenvalue weighted by Crippen LogP contribution is -2.73. The molecule has 5 N–H and O–H groups in total. The third-order valence-electron chi connectivity index (χ3n) is 4.72. The highest BCUT2D eigenvalue weighted by Crippen LogP contribution is 2.36. The molecule has 0 amide bonds. The summed E-state index contributed by atoms with van der Waals surface area (Å²) in [7, 11) is 0. The van der Waals surface area contributed by atoms with Crippen molar-refractivity contribution in [3.8, 4) is 5.75 Å². The van der Waals surface area contributed by atoms with Crippen molar-refractivity contribution in [2.24, 2.45) is 0 Å². The van der Waals surface area contributed by atoms with Gasteiger partial charge in [-0.3, -0.25) is 4.98 Å². The van der Waals surface area contributed by atoms with Gasteiger partial charge in [-0.05, 0) is 36.2 Å². The van der Waals surface area contributed by atoms with E-state index >= 15 is 0 Å². The maximum Gasteiger partial charge on any atom is 0.161 e. The Hall–Kier alpha value is -3.48. The van der Waals surface area contributed by atoms with Gasteiger partial charge in [-0.1, -0.05) is 30.3 Å². The first-order valence-electron chi connectivity index (χ1n) is 8.99. The number of hydrogen-bond donors (Lipinski definition) is 4. The summed E-state index contributed by atoms with van der Waals surface area (Å²) in [5.41, 5.74) is 5.05. The molecule has 2 aromatic carbocycles. The van der Waals surface area contributed by atoms with Crippen molar-refractivity contribution >= 4 is 22.4 Å². The molecule has 0 fully saturated rings. The Morgan fingerprint density at radius 1 is 0.964 bits per heavy atom. The van der Waals surface area contributed by atoms with Crippen molar-refractivity contribution in [2.45, 2.75) is 13.0 Å². The first-order chi connectivity index (χ1) is 13.7. The number of nitrogens with zero attached hydrogens (tertiary/aromatic N) is 2. The second-order valence-electron chi connectivity index (χ2n) is 6.67. The lowest BCUT2D eigenvalue weighted by molar-refractivity contribution is -0.825. The van der Waals surface area contributed by atoms with E-state index in [4.69, 9.17) is 0 Å². The Morgan fingerprint density at radius 2 is 1.79 bits per heavy atom. The molecule has 28 heavy (non-hydrogen) atoms. The fraction of sp³-hybridized carbons (Fsp3) is 0.0909. The van der Waals surface area contributed by atoms with Crippen molar-refractivity contribution in [1.82, 2.24) is 9.97 Å². The second-order valence-corrected chi connectivity index (χ2v) is 6.67. The number of benzene rings is 2. The van der Waals surface area contributed by atoms with E-state index in [-0.39, 0.29) is 11.8 Å². The number of rotatable bonds is 5. The molecule has 0 aliphatic heterocycles. The normalized spacial score (nSPS) is 12.1. The highest BCUT2D eigenvalue weighted by atomic mass is 16.5. The van der Waals surface area contributed by atoms with Crippen LogP contribution in [0.15, 0.2) is 73.1 Å². The molecule has 0 saturated heterocycles. The summed E-state index contributed by atoms with van der Waals surface area (Å²) in [4.78, 5) is 8.74. The van der Waals surface area contributed by atoms with Crippen LogP contribution in [0.25, 0.3) is 10.9 Å². The van der Waals surface area contributed by atoms with Crippen molar-refractivity contribution in [3.63, 3.8) is 0 Å². The van der Waals surface area contributed by atoms with Gasteiger partial charge in [0.05, 0.1) is 6.04 Å². The van der Waals surface area contributed by atoms with Gasteiger partial charge in [-0.15, -0.1) is 0 Å². The molecular formula is C22H21N4O2+. The van der Waals surface area contributed by atoms with Crippen LogP contribution in [-0.2, 0) is 0 Å². The van der Waals surface area contributed by atoms with E-state index in [9.17, 15) is 10.3 Å². The van der Waals surface area contributed by atoms with Gasteiger partial charge < -0.3 is 10.4 Å². The largest absolute Gasteiger partial charge is 0.505 e. The minimum Gasteiger partial charge on any atom is -0.505 e. The fourth-order valence-corrected chi connectivity index (χ4v) is 3.26. The molecule has 140 valence electrons. The summed E-state index contributed by atoms with van der Waals surface area (Å²) in [6, 6.07) is 18.6. The second kappa shape index (κ2) is 7.64. The number of aromatic nitrogens is 2. The summed E-state index contributed by atoms with van der Waals surface area (Å²) < 4.78 is 0. The molecule has 6 heteroatoms. The monoisotopic (exact) mass is 373 g/mol. The zero-order valence-corrected chi connectivity index (χ0v) is 15.4. The van der Waals surface area contributed by atoms with Crippen molar-refractivity contribution in [2.75, 3.05) is 5.32 Å². The van der Waals surface area contributed by atoms with Crippen LogP contribution in [0.5, 0.6) is 5.75 Å². The Bertz CT molecular complexity index is 1110. The van der Waals surface area contributed by atoms with E-state index in [1.54, 1.807) is 12.4 Å². The highest BCUT2D eigenvalue weighted by molar-refractivity contribution is 5.86. The smallest absolute Gasteiger partial charge is 0.161 e. The van der Waals surface area contributed by atoms with Crippen LogP contribution < -0.4 is 10.8 Å².